The summed E-state index contributed by atoms with van der Waals surface area (Å²) in [6.07, 6.45) is 2.42. The number of aryl methyl sites for hydroxylation is 1. The summed E-state index contributed by atoms with van der Waals surface area (Å²) in [6.45, 7) is 4.31. The summed E-state index contributed by atoms with van der Waals surface area (Å²) in [5.74, 6) is 5.45. The Hall–Kier alpha value is -2.89. The van der Waals surface area contributed by atoms with Gasteiger partial charge in [-0.1, -0.05) is 17.9 Å². The molecule has 2 aliphatic rings. The van der Waals surface area contributed by atoms with Crippen LogP contribution < -0.4 is 16.3 Å². The highest BCUT2D eigenvalue weighted by Gasteiger charge is 2.31. The lowest BCUT2D eigenvalue weighted by atomic mass is 9.95. The van der Waals surface area contributed by atoms with Crippen LogP contribution in [0.15, 0.2) is 23.0 Å². The number of para-hydroxylation sites is 1. The van der Waals surface area contributed by atoms with Crippen molar-refractivity contribution in [3.8, 4) is 11.8 Å². The number of carbonyl (C=O) groups excluding carboxylic acids is 2. The van der Waals surface area contributed by atoms with Crippen molar-refractivity contribution in [2.45, 2.75) is 44.2 Å². The minimum Gasteiger partial charge on any atom is -0.363 e. The lowest BCUT2D eigenvalue weighted by Gasteiger charge is -2.33. The predicted molar refractivity (Wildman–Crippen MR) is 112 cm³/mol. The monoisotopic (exact) mass is 410 g/mol. The maximum Gasteiger partial charge on any atom is 0.329 e. The molecule has 2 amide bonds. The largest absolute Gasteiger partial charge is 0.363 e. The minimum atomic E-state index is -0.703. The average Bonchev–Trinajstić information content (AvgIpc) is 2.97. The van der Waals surface area contributed by atoms with Gasteiger partial charge in [-0.3, -0.25) is 24.0 Å². The van der Waals surface area contributed by atoms with E-state index in [4.69, 9.17) is 4.74 Å². The van der Waals surface area contributed by atoms with E-state index in [2.05, 4.69) is 29.4 Å². The number of rotatable bonds is 3. The second-order valence-corrected chi connectivity index (χ2v) is 8.14. The molecule has 0 saturated carbocycles. The predicted octanol–water partition coefficient (Wildman–Crippen LogP) is 0.828. The highest BCUT2D eigenvalue weighted by atomic mass is 16.5. The summed E-state index contributed by atoms with van der Waals surface area (Å²) in [6, 6.07) is 4.78. The van der Waals surface area contributed by atoms with Gasteiger partial charge in [-0.15, -0.1) is 0 Å². The fraction of sp³-hybridized carbons (Fsp3) is 0.500. The molecule has 2 aliphatic heterocycles. The van der Waals surface area contributed by atoms with E-state index in [-0.39, 0.29) is 23.6 Å². The normalized spacial score (nSPS) is 21.2. The third-order valence-corrected chi connectivity index (χ3v) is 6.00. The van der Waals surface area contributed by atoms with Gasteiger partial charge in [-0.05, 0) is 51.4 Å². The van der Waals surface area contributed by atoms with Crippen molar-refractivity contribution in [1.29, 1.82) is 0 Å². The maximum absolute atomic E-state index is 12.9. The van der Waals surface area contributed by atoms with E-state index in [1.807, 2.05) is 12.1 Å². The first-order chi connectivity index (χ1) is 14.4. The Morgan fingerprint density at radius 2 is 2.00 bits per heavy atom. The first-order valence-corrected chi connectivity index (χ1v) is 10.3. The number of nitrogens with one attached hydrogen (secondary N) is 2. The van der Waals surface area contributed by atoms with E-state index in [1.54, 1.807) is 13.1 Å². The fourth-order valence-electron chi connectivity index (χ4n) is 4.21. The van der Waals surface area contributed by atoms with Gasteiger partial charge < -0.3 is 10.1 Å². The van der Waals surface area contributed by atoms with E-state index < -0.39 is 11.9 Å². The standard InChI is InChI=1S/C22H26N4O4/c1-22(10-12-23-13-11-22)30-14-4-6-15-5-3-7-16-19(15)25(2)21(29)26(16)17-8-9-18(27)24-20(17)28/h3,5,7,17,23H,8-14H2,1-2H3,(H,24,27,28). The number of fused-ring (bicyclic) bond motifs is 1. The fourth-order valence-corrected chi connectivity index (χ4v) is 4.21. The molecule has 3 heterocycles. The van der Waals surface area contributed by atoms with Gasteiger partial charge in [0.15, 0.2) is 0 Å². The number of amides is 2. The summed E-state index contributed by atoms with van der Waals surface area (Å²) in [4.78, 5) is 36.7. The SMILES string of the molecule is Cn1c(=O)n(C2CCC(=O)NC2=O)c2cccc(C#CCOC3(C)CCNCC3)c21. The van der Waals surface area contributed by atoms with Crippen LogP contribution in [0, 0.1) is 11.8 Å². The van der Waals surface area contributed by atoms with Gasteiger partial charge in [-0.2, -0.15) is 0 Å². The molecular weight excluding hydrogens is 384 g/mol. The molecule has 0 radical (unpaired) electrons. The van der Waals surface area contributed by atoms with E-state index >= 15 is 0 Å². The van der Waals surface area contributed by atoms with Gasteiger partial charge in [0.1, 0.15) is 12.6 Å². The lowest BCUT2D eigenvalue weighted by Crippen LogP contribution is -2.44. The van der Waals surface area contributed by atoms with Crippen LogP contribution in [-0.2, 0) is 21.4 Å². The van der Waals surface area contributed by atoms with E-state index in [0.29, 0.717) is 29.6 Å². The maximum atomic E-state index is 12.9. The van der Waals surface area contributed by atoms with Crippen LogP contribution >= 0.6 is 0 Å². The van der Waals surface area contributed by atoms with Crippen LogP contribution in [0.3, 0.4) is 0 Å². The highest BCUT2D eigenvalue weighted by molar-refractivity contribution is 6.00. The highest BCUT2D eigenvalue weighted by Crippen LogP contribution is 2.25. The molecule has 2 saturated heterocycles. The number of hydrogen-bond acceptors (Lipinski definition) is 5. The number of imidazole rings is 1. The summed E-state index contributed by atoms with van der Waals surface area (Å²) in [5, 5.41) is 5.65. The van der Waals surface area contributed by atoms with Crippen LogP contribution in [-0.4, -0.2) is 46.2 Å². The molecule has 0 spiro atoms. The van der Waals surface area contributed by atoms with Crippen molar-refractivity contribution in [2.24, 2.45) is 7.05 Å². The molecule has 1 atom stereocenters. The number of carbonyl (C=O) groups is 2. The van der Waals surface area contributed by atoms with Gasteiger partial charge >= 0.3 is 5.69 Å². The zero-order valence-electron chi connectivity index (χ0n) is 17.3. The number of ether oxygens (including phenoxy) is 1. The van der Waals surface area contributed by atoms with Crippen LogP contribution in [0.25, 0.3) is 11.0 Å². The number of hydrogen-bond donors (Lipinski definition) is 2. The molecule has 8 heteroatoms. The molecule has 2 fully saturated rings. The van der Waals surface area contributed by atoms with Crippen LogP contribution in [0.5, 0.6) is 0 Å². The Balaban J connectivity index is 1.63. The first-order valence-electron chi connectivity index (χ1n) is 10.3. The molecule has 0 aliphatic carbocycles. The summed E-state index contributed by atoms with van der Waals surface area (Å²) in [5.41, 5.74) is 1.56. The van der Waals surface area contributed by atoms with Crippen molar-refractivity contribution in [1.82, 2.24) is 19.8 Å². The molecule has 2 N–H and O–H groups in total. The van der Waals surface area contributed by atoms with Crippen LogP contribution in [0.2, 0.25) is 0 Å². The summed E-state index contributed by atoms with van der Waals surface area (Å²) in [7, 11) is 1.67. The number of benzene rings is 1. The van der Waals surface area contributed by atoms with Crippen molar-refractivity contribution < 1.29 is 14.3 Å². The Kier molecular flexibility index (Phi) is 5.50. The number of imide groups is 1. The Morgan fingerprint density at radius 1 is 1.23 bits per heavy atom. The first kappa shape index (κ1) is 20.4. The molecule has 1 aromatic heterocycles. The molecule has 30 heavy (non-hydrogen) atoms. The van der Waals surface area contributed by atoms with Gasteiger partial charge in [0.2, 0.25) is 11.8 Å². The van der Waals surface area contributed by atoms with Crippen molar-refractivity contribution in [3.05, 3.63) is 34.2 Å². The van der Waals surface area contributed by atoms with Gasteiger partial charge in [0.25, 0.3) is 0 Å². The Labute approximate surface area is 174 Å². The minimum absolute atomic E-state index is 0.159. The second-order valence-electron chi connectivity index (χ2n) is 8.14. The summed E-state index contributed by atoms with van der Waals surface area (Å²) < 4.78 is 8.99. The molecule has 8 nitrogen and oxygen atoms in total. The molecule has 4 rings (SSSR count). The van der Waals surface area contributed by atoms with Crippen molar-refractivity contribution in [3.63, 3.8) is 0 Å². The van der Waals surface area contributed by atoms with Crippen LogP contribution in [0.1, 0.15) is 44.2 Å². The zero-order valence-corrected chi connectivity index (χ0v) is 17.3. The molecule has 158 valence electrons. The smallest absolute Gasteiger partial charge is 0.329 e. The van der Waals surface area contributed by atoms with E-state index in [0.717, 1.165) is 25.9 Å². The number of piperidine rings is 2. The van der Waals surface area contributed by atoms with Gasteiger partial charge in [0, 0.05) is 13.5 Å². The molecule has 0 bridgehead atoms. The van der Waals surface area contributed by atoms with Crippen LogP contribution in [0.4, 0.5) is 0 Å². The third kappa shape index (κ3) is 3.78. The van der Waals surface area contributed by atoms with Crippen molar-refractivity contribution >= 4 is 22.8 Å². The number of aromatic nitrogens is 2. The number of nitrogens with zero attached hydrogens (tertiary/aromatic N) is 2. The molecular formula is C22H26N4O4. The van der Waals surface area contributed by atoms with Gasteiger partial charge in [0.05, 0.1) is 22.2 Å². The average molecular weight is 410 g/mol. The van der Waals surface area contributed by atoms with Gasteiger partial charge in [-0.25, -0.2) is 4.79 Å². The second kappa shape index (κ2) is 8.09. The van der Waals surface area contributed by atoms with E-state index in [9.17, 15) is 14.4 Å². The Bertz CT molecular complexity index is 1110. The summed E-state index contributed by atoms with van der Waals surface area (Å²) >= 11 is 0. The third-order valence-electron chi connectivity index (χ3n) is 6.00. The quantitative estimate of drug-likeness (QED) is 0.577. The zero-order chi connectivity index (χ0) is 21.3. The molecule has 1 unspecified atom stereocenters. The lowest BCUT2D eigenvalue weighted by molar-refractivity contribution is -0.135. The molecule has 2 aromatic rings. The van der Waals surface area contributed by atoms with Crippen molar-refractivity contribution in [2.75, 3.05) is 19.7 Å². The van der Waals surface area contributed by atoms with E-state index in [1.165, 1.54) is 9.13 Å². The topological polar surface area (TPSA) is 94.4 Å². The molecule has 1 aromatic carbocycles. The Morgan fingerprint density at radius 3 is 2.73 bits per heavy atom.